The van der Waals surface area contributed by atoms with Gasteiger partial charge in [-0.05, 0) is 12.8 Å². The van der Waals surface area contributed by atoms with Crippen molar-refractivity contribution in [2.75, 3.05) is 19.3 Å². The van der Waals surface area contributed by atoms with Gasteiger partial charge in [-0.2, -0.15) is 0 Å². The molecular weight excluding hydrogens is 278 g/mol. The molecule has 2 N–H and O–H groups in total. The molecule has 2 amide bonds. The maximum Gasteiger partial charge on any atom is 0.239 e. The van der Waals surface area contributed by atoms with Crippen molar-refractivity contribution in [1.29, 1.82) is 0 Å². The molecular formula is C12H19N5O2S. The fourth-order valence-corrected chi connectivity index (χ4v) is 2.83. The number of carbonyl (C=O) groups excluding carboxylic acids is 2. The molecule has 1 aliphatic rings. The molecule has 2 rings (SSSR count). The lowest BCUT2D eigenvalue weighted by atomic mass is 10.2. The number of nitrogens with one attached hydrogen (secondary N) is 2. The molecule has 0 saturated carbocycles. The Morgan fingerprint density at radius 2 is 2.10 bits per heavy atom. The molecule has 0 fully saturated rings. The summed E-state index contributed by atoms with van der Waals surface area (Å²) in [6, 6.07) is 0. The van der Waals surface area contributed by atoms with Gasteiger partial charge < -0.3 is 15.2 Å². The van der Waals surface area contributed by atoms with Gasteiger partial charge in [0.25, 0.3) is 0 Å². The van der Waals surface area contributed by atoms with Gasteiger partial charge in [-0.15, -0.1) is 10.2 Å². The first-order valence-corrected chi connectivity index (χ1v) is 7.71. The minimum absolute atomic E-state index is 0.00777. The zero-order chi connectivity index (χ0) is 14.4. The Morgan fingerprint density at radius 1 is 1.25 bits per heavy atom. The Hall–Kier alpha value is -1.57. The molecule has 1 aliphatic heterocycles. The van der Waals surface area contributed by atoms with Crippen LogP contribution in [0.3, 0.4) is 0 Å². The van der Waals surface area contributed by atoms with Crippen LogP contribution in [-0.2, 0) is 22.6 Å². The summed E-state index contributed by atoms with van der Waals surface area (Å²) in [5, 5.41) is 14.1. The fourth-order valence-electron chi connectivity index (χ4n) is 2.01. The first-order chi connectivity index (χ1) is 9.70. The summed E-state index contributed by atoms with van der Waals surface area (Å²) >= 11 is 1.36. The Labute approximate surface area is 121 Å². The number of rotatable bonds is 5. The van der Waals surface area contributed by atoms with Gasteiger partial charge in [0.05, 0.1) is 12.3 Å². The molecule has 0 unspecified atom stereocenters. The number of likely N-dealkylation sites (N-methyl/N-ethyl adjacent to an activating group) is 1. The molecule has 0 aromatic carbocycles. The van der Waals surface area contributed by atoms with Gasteiger partial charge in [0, 0.05) is 20.0 Å². The number of thioether (sulfide) groups is 1. The van der Waals surface area contributed by atoms with E-state index in [-0.39, 0.29) is 24.1 Å². The quantitative estimate of drug-likeness (QED) is 0.744. The van der Waals surface area contributed by atoms with Gasteiger partial charge in [0.15, 0.2) is 5.16 Å². The largest absolute Gasteiger partial charge is 0.358 e. The van der Waals surface area contributed by atoms with Crippen LogP contribution in [0.25, 0.3) is 0 Å². The van der Waals surface area contributed by atoms with Gasteiger partial charge in [0.2, 0.25) is 11.8 Å². The molecule has 0 radical (unpaired) electrons. The second-order valence-electron chi connectivity index (χ2n) is 4.60. The maximum absolute atomic E-state index is 11.6. The molecule has 0 saturated heterocycles. The number of aryl methyl sites for hydroxylation is 1. The number of hydrogen-bond donors (Lipinski definition) is 2. The van der Waals surface area contributed by atoms with Crippen molar-refractivity contribution >= 4 is 23.6 Å². The summed E-state index contributed by atoms with van der Waals surface area (Å²) in [6.45, 7) is 0.929. The van der Waals surface area contributed by atoms with Crippen LogP contribution in [0.5, 0.6) is 0 Å². The third-order valence-corrected chi connectivity index (χ3v) is 4.10. The average Bonchev–Trinajstić information content (AvgIpc) is 2.69. The van der Waals surface area contributed by atoms with Crippen LogP contribution < -0.4 is 10.6 Å². The van der Waals surface area contributed by atoms with E-state index in [4.69, 9.17) is 0 Å². The van der Waals surface area contributed by atoms with E-state index in [0.29, 0.717) is 0 Å². The number of amides is 2. The van der Waals surface area contributed by atoms with E-state index >= 15 is 0 Å². The first-order valence-electron chi connectivity index (χ1n) is 6.73. The second kappa shape index (κ2) is 7.28. The molecule has 0 bridgehead atoms. The lowest BCUT2D eigenvalue weighted by Gasteiger charge is -2.06. The van der Waals surface area contributed by atoms with Gasteiger partial charge in [-0.3, -0.25) is 9.59 Å². The Balaban J connectivity index is 1.83. The van der Waals surface area contributed by atoms with Crippen molar-refractivity contribution < 1.29 is 9.59 Å². The van der Waals surface area contributed by atoms with E-state index in [1.807, 2.05) is 0 Å². The highest BCUT2D eigenvalue weighted by atomic mass is 32.2. The Morgan fingerprint density at radius 3 is 2.90 bits per heavy atom. The van der Waals surface area contributed by atoms with Crippen LogP contribution in [0, 0.1) is 0 Å². The normalized spacial score (nSPS) is 14.2. The molecule has 8 heteroatoms. The fraction of sp³-hybridized carbons (Fsp3) is 0.667. The van der Waals surface area contributed by atoms with Crippen molar-refractivity contribution in [1.82, 2.24) is 25.4 Å². The minimum Gasteiger partial charge on any atom is -0.358 e. The van der Waals surface area contributed by atoms with E-state index < -0.39 is 0 Å². The minimum atomic E-state index is -0.209. The van der Waals surface area contributed by atoms with Gasteiger partial charge in [-0.1, -0.05) is 18.2 Å². The summed E-state index contributed by atoms with van der Waals surface area (Å²) in [5.41, 5.74) is 0. The van der Waals surface area contributed by atoms with Crippen LogP contribution >= 0.6 is 11.8 Å². The van der Waals surface area contributed by atoms with Crippen molar-refractivity contribution in [3.8, 4) is 0 Å². The molecule has 7 nitrogen and oxygen atoms in total. The Kier molecular flexibility index (Phi) is 5.40. The lowest BCUT2D eigenvalue weighted by molar-refractivity contribution is -0.124. The van der Waals surface area contributed by atoms with Crippen LogP contribution in [0.15, 0.2) is 5.16 Å². The van der Waals surface area contributed by atoms with E-state index in [1.54, 1.807) is 0 Å². The average molecular weight is 297 g/mol. The topological polar surface area (TPSA) is 88.9 Å². The highest BCUT2D eigenvalue weighted by Crippen LogP contribution is 2.21. The third kappa shape index (κ3) is 3.96. The summed E-state index contributed by atoms with van der Waals surface area (Å²) < 4.78 is 2.10. The SMILES string of the molecule is CNC(=O)CNC(=O)CSc1nnc2n1CCCCC2. The molecule has 110 valence electrons. The number of aromatic nitrogens is 3. The van der Waals surface area contributed by atoms with Crippen molar-refractivity contribution in [3.63, 3.8) is 0 Å². The Bertz CT molecular complexity index is 488. The standard InChI is InChI=1S/C12H19N5O2S/c1-13-10(18)7-14-11(19)8-20-12-16-15-9-5-3-2-4-6-17(9)12/h2-8H2,1H3,(H,13,18)(H,14,19). The summed E-state index contributed by atoms with van der Waals surface area (Å²) in [7, 11) is 1.54. The molecule has 0 aliphatic carbocycles. The number of hydrogen-bond acceptors (Lipinski definition) is 5. The second-order valence-corrected chi connectivity index (χ2v) is 5.54. The van der Waals surface area contributed by atoms with Crippen LogP contribution in [-0.4, -0.2) is 45.9 Å². The predicted octanol–water partition coefficient (Wildman–Crippen LogP) is -0.0412. The summed E-state index contributed by atoms with van der Waals surface area (Å²) in [5.74, 6) is 0.870. The van der Waals surface area contributed by atoms with E-state index in [9.17, 15) is 9.59 Å². The van der Waals surface area contributed by atoms with Crippen molar-refractivity contribution in [2.45, 2.75) is 37.4 Å². The van der Waals surface area contributed by atoms with Gasteiger partial charge in [0.1, 0.15) is 5.82 Å². The molecule has 1 aromatic heterocycles. The molecule has 2 heterocycles. The third-order valence-electron chi connectivity index (χ3n) is 3.13. The predicted molar refractivity (Wildman–Crippen MR) is 75.4 cm³/mol. The number of fused-ring (bicyclic) bond motifs is 1. The highest BCUT2D eigenvalue weighted by molar-refractivity contribution is 7.99. The number of nitrogens with zero attached hydrogens (tertiary/aromatic N) is 3. The van der Waals surface area contributed by atoms with Crippen LogP contribution in [0.2, 0.25) is 0 Å². The zero-order valence-corrected chi connectivity index (χ0v) is 12.3. The van der Waals surface area contributed by atoms with Gasteiger partial charge >= 0.3 is 0 Å². The highest BCUT2D eigenvalue weighted by Gasteiger charge is 2.16. The smallest absolute Gasteiger partial charge is 0.239 e. The summed E-state index contributed by atoms with van der Waals surface area (Å²) in [6.07, 6.45) is 4.44. The van der Waals surface area contributed by atoms with E-state index in [2.05, 4.69) is 25.4 Å². The monoisotopic (exact) mass is 297 g/mol. The van der Waals surface area contributed by atoms with Crippen molar-refractivity contribution in [2.24, 2.45) is 0 Å². The van der Waals surface area contributed by atoms with Gasteiger partial charge in [-0.25, -0.2) is 0 Å². The number of carbonyl (C=O) groups is 2. The van der Waals surface area contributed by atoms with Crippen LogP contribution in [0.1, 0.15) is 25.1 Å². The molecule has 0 atom stereocenters. The maximum atomic E-state index is 11.6. The van der Waals surface area contributed by atoms with E-state index in [1.165, 1.54) is 25.2 Å². The van der Waals surface area contributed by atoms with E-state index in [0.717, 1.165) is 36.8 Å². The van der Waals surface area contributed by atoms with Crippen LogP contribution in [0.4, 0.5) is 0 Å². The first kappa shape index (κ1) is 14.8. The molecule has 20 heavy (non-hydrogen) atoms. The molecule has 1 aromatic rings. The lowest BCUT2D eigenvalue weighted by Crippen LogP contribution is -2.36. The van der Waals surface area contributed by atoms with Crippen molar-refractivity contribution in [3.05, 3.63) is 5.82 Å². The zero-order valence-electron chi connectivity index (χ0n) is 11.5. The molecule has 0 spiro atoms. The summed E-state index contributed by atoms with van der Waals surface area (Å²) in [4.78, 5) is 22.6.